The molecule has 1 rings (SSSR count). The first-order chi connectivity index (χ1) is 6.08. The average molecular weight is 182 g/mol. The molecule has 1 aromatic heterocycles. The van der Waals surface area contributed by atoms with E-state index >= 15 is 0 Å². The molecule has 5 nitrogen and oxygen atoms in total. The van der Waals surface area contributed by atoms with E-state index in [4.69, 9.17) is 0 Å². The smallest absolute Gasteiger partial charge is 0.239 e. The first-order valence-corrected chi connectivity index (χ1v) is 4.04. The van der Waals surface area contributed by atoms with Gasteiger partial charge in [0, 0.05) is 11.8 Å². The molecule has 0 unspecified atom stereocenters. The van der Waals surface area contributed by atoms with Gasteiger partial charge < -0.3 is 10.2 Å². The summed E-state index contributed by atoms with van der Waals surface area (Å²) in [4.78, 5) is 13.0. The van der Waals surface area contributed by atoms with E-state index in [0.717, 1.165) is 5.69 Å². The zero-order valence-corrected chi connectivity index (χ0v) is 8.09. The minimum atomic E-state index is -0.0588. The molecule has 0 bridgehead atoms. The van der Waals surface area contributed by atoms with Gasteiger partial charge in [0.15, 0.2) is 5.82 Å². The third kappa shape index (κ3) is 3.25. The molecule has 13 heavy (non-hydrogen) atoms. The highest BCUT2D eigenvalue weighted by Gasteiger charge is 2.04. The average Bonchev–Trinajstić information content (AvgIpc) is 2.33. The number of aryl methyl sites for hydroxylation is 1. The van der Waals surface area contributed by atoms with E-state index in [2.05, 4.69) is 15.5 Å². The number of anilines is 1. The monoisotopic (exact) mass is 182 g/mol. The Balaban J connectivity index is 2.45. The molecule has 72 valence electrons. The van der Waals surface area contributed by atoms with Crippen molar-refractivity contribution in [3.05, 3.63) is 11.8 Å². The van der Waals surface area contributed by atoms with E-state index in [1.165, 1.54) is 0 Å². The second kappa shape index (κ2) is 4.04. The number of nitrogens with one attached hydrogen (secondary N) is 2. The van der Waals surface area contributed by atoms with Crippen LogP contribution in [0.15, 0.2) is 6.07 Å². The predicted octanol–water partition coefficient (Wildman–Crippen LogP) is 0.218. The van der Waals surface area contributed by atoms with Crippen molar-refractivity contribution >= 4 is 11.7 Å². The van der Waals surface area contributed by atoms with Gasteiger partial charge >= 0.3 is 0 Å². The van der Waals surface area contributed by atoms with Crippen molar-refractivity contribution in [2.75, 3.05) is 26.0 Å². The van der Waals surface area contributed by atoms with E-state index in [1.54, 1.807) is 11.0 Å². The summed E-state index contributed by atoms with van der Waals surface area (Å²) in [6.45, 7) is 2.25. The quantitative estimate of drug-likeness (QED) is 0.703. The second-order valence-electron chi connectivity index (χ2n) is 3.22. The Hall–Kier alpha value is -1.36. The lowest BCUT2D eigenvalue weighted by Gasteiger charge is -2.07. The summed E-state index contributed by atoms with van der Waals surface area (Å²) in [7, 11) is 3.69. The molecule has 0 atom stereocenters. The molecule has 2 N–H and O–H groups in total. The summed E-state index contributed by atoms with van der Waals surface area (Å²) in [6, 6.07) is 1.79. The van der Waals surface area contributed by atoms with E-state index in [1.807, 2.05) is 21.0 Å². The van der Waals surface area contributed by atoms with Gasteiger partial charge in [0.05, 0.1) is 6.54 Å². The zero-order valence-electron chi connectivity index (χ0n) is 8.09. The molecular weight excluding hydrogens is 168 g/mol. The standard InChI is InChI=1S/C8H14N4O/c1-6-4-7(11-10-6)9-8(13)5-12(2)3/h4H,5H2,1-3H3,(H2,9,10,11,13). The van der Waals surface area contributed by atoms with Gasteiger partial charge in [-0.1, -0.05) is 0 Å². The number of rotatable bonds is 3. The van der Waals surface area contributed by atoms with Crippen molar-refractivity contribution in [1.29, 1.82) is 0 Å². The lowest BCUT2D eigenvalue weighted by atomic mass is 10.4. The molecule has 0 aliphatic heterocycles. The fourth-order valence-corrected chi connectivity index (χ4v) is 0.952. The van der Waals surface area contributed by atoms with Gasteiger partial charge in [-0.25, -0.2) is 0 Å². The number of carbonyl (C=O) groups is 1. The highest BCUT2D eigenvalue weighted by atomic mass is 16.2. The van der Waals surface area contributed by atoms with Crippen LogP contribution in [0.4, 0.5) is 5.82 Å². The highest BCUT2D eigenvalue weighted by molar-refractivity contribution is 5.91. The molecule has 0 aromatic carbocycles. The number of aromatic nitrogens is 2. The molecule has 0 saturated carbocycles. The maximum atomic E-state index is 11.2. The Morgan fingerprint density at radius 3 is 2.85 bits per heavy atom. The maximum absolute atomic E-state index is 11.2. The van der Waals surface area contributed by atoms with Gasteiger partial charge in [0.25, 0.3) is 0 Å². The van der Waals surface area contributed by atoms with Crippen LogP contribution in [-0.2, 0) is 4.79 Å². The molecule has 5 heteroatoms. The topological polar surface area (TPSA) is 61.0 Å². The normalized spacial score (nSPS) is 10.5. The summed E-state index contributed by atoms with van der Waals surface area (Å²) >= 11 is 0. The predicted molar refractivity (Wildman–Crippen MR) is 50.5 cm³/mol. The number of hydrogen-bond acceptors (Lipinski definition) is 3. The molecule has 1 heterocycles. The van der Waals surface area contributed by atoms with E-state index in [0.29, 0.717) is 12.4 Å². The molecule has 0 aliphatic rings. The number of carbonyl (C=O) groups excluding carboxylic acids is 1. The summed E-state index contributed by atoms with van der Waals surface area (Å²) < 4.78 is 0. The number of H-pyrrole nitrogens is 1. The van der Waals surface area contributed by atoms with E-state index in [9.17, 15) is 4.79 Å². The highest BCUT2D eigenvalue weighted by Crippen LogP contribution is 2.02. The molecule has 1 aromatic rings. The SMILES string of the molecule is Cc1cc(NC(=O)CN(C)C)n[nH]1. The van der Waals surface area contributed by atoms with Crippen LogP contribution in [0.2, 0.25) is 0 Å². The Morgan fingerprint density at radius 2 is 2.38 bits per heavy atom. The largest absolute Gasteiger partial charge is 0.308 e. The van der Waals surface area contributed by atoms with Gasteiger partial charge in [-0.2, -0.15) is 5.10 Å². The lowest BCUT2D eigenvalue weighted by molar-refractivity contribution is -0.116. The van der Waals surface area contributed by atoms with Crippen LogP contribution < -0.4 is 5.32 Å². The van der Waals surface area contributed by atoms with Crippen LogP contribution in [0.5, 0.6) is 0 Å². The van der Waals surface area contributed by atoms with Gasteiger partial charge in [0.2, 0.25) is 5.91 Å². The lowest BCUT2D eigenvalue weighted by Crippen LogP contribution is -2.27. The summed E-state index contributed by atoms with van der Waals surface area (Å²) in [5.74, 6) is 0.515. The molecule has 1 amide bonds. The molecule has 0 saturated heterocycles. The van der Waals surface area contributed by atoms with Gasteiger partial charge in [-0.15, -0.1) is 0 Å². The summed E-state index contributed by atoms with van der Waals surface area (Å²) in [5, 5.41) is 9.31. The van der Waals surface area contributed by atoms with Gasteiger partial charge in [-0.05, 0) is 21.0 Å². The van der Waals surface area contributed by atoms with Crippen molar-refractivity contribution < 1.29 is 4.79 Å². The van der Waals surface area contributed by atoms with E-state index in [-0.39, 0.29) is 5.91 Å². The number of aromatic amines is 1. The van der Waals surface area contributed by atoms with Crippen LogP contribution in [0.3, 0.4) is 0 Å². The second-order valence-corrected chi connectivity index (χ2v) is 3.22. The Kier molecular flexibility index (Phi) is 3.02. The Morgan fingerprint density at radius 1 is 1.69 bits per heavy atom. The molecule has 0 aliphatic carbocycles. The van der Waals surface area contributed by atoms with Crippen LogP contribution in [-0.4, -0.2) is 41.6 Å². The van der Waals surface area contributed by atoms with Crippen molar-refractivity contribution in [1.82, 2.24) is 15.1 Å². The molecule has 0 fully saturated rings. The third-order valence-electron chi connectivity index (χ3n) is 1.43. The minimum Gasteiger partial charge on any atom is -0.308 e. The molecular formula is C8H14N4O. The van der Waals surface area contributed by atoms with Crippen molar-refractivity contribution in [2.45, 2.75) is 6.92 Å². The fourth-order valence-electron chi connectivity index (χ4n) is 0.952. The fraction of sp³-hybridized carbons (Fsp3) is 0.500. The third-order valence-corrected chi connectivity index (χ3v) is 1.43. The number of hydrogen-bond donors (Lipinski definition) is 2. The Bertz CT molecular complexity index is 292. The van der Waals surface area contributed by atoms with Crippen molar-refractivity contribution in [3.63, 3.8) is 0 Å². The number of amides is 1. The first kappa shape index (κ1) is 9.73. The van der Waals surface area contributed by atoms with Gasteiger partial charge in [0.1, 0.15) is 0 Å². The Labute approximate surface area is 77.1 Å². The summed E-state index contributed by atoms with van der Waals surface area (Å²) in [5.41, 5.74) is 0.931. The van der Waals surface area contributed by atoms with Crippen LogP contribution in [0, 0.1) is 6.92 Å². The van der Waals surface area contributed by atoms with Crippen molar-refractivity contribution in [3.8, 4) is 0 Å². The van der Waals surface area contributed by atoms with Gasteiger partial charge in [-0.3, -0.25) is 9.89 Å². The van der Waals surface area contributed by atoms with Crippen LogP contribution >= 0.6 is 0 Å². The number of nitrogens with zero attached hydrogens (tertiary/aromatic N) is 2. The van der Waals surface area contributed by atoms with E-state index < -0.39 is 0 Å². The zero-order chi connectivity index (χ0) is 9.84. The molecule has 0 spiro atoms. The van der Waals surface area contributed by atoms with Crippen molar-refractivity contribution in [2.24, 2.45) is 0 Å². The first-order valence-electron chi connectivity index (χ1n) is 4.04. The van der Waals surface area contributed by atoms with Crippen LogP contribution in [0.25, 0.3) is 0 Å². The number of likely N-dealkylation sites (N-methyl/N-ethyl adjacent to an activating group) is 1. The molecule has 0 radical (unpaired) electrons. The minimum absolute atomic E-state index is 0.0588. The maximum Gasteiger partial charge on any atom is 0.239 e. The van der Waals surface area contributed by atoms with Crippen LogP contribution in [0.1, 0.15) is 5.69 Å². The summed E-state index contributed by atoms with van der Waals surface area (Å²) in [6.07, 6.45) is 0.